The molecule has 0 aliphatic heterocycles. The summed E-state index contributed by atoms with van der Waals surface area (Å²) >= 11 is 0. The molecular weight excluding hydrogens is 303 g/mol. The van der Waals surface area contributed by atoms with Crippen LogP contribution in [0.4, 0.5) is 0 Å². The van der Waals surface area contributed by atoms with Crippen LogP contribution in [0.2, 0.25) is 0 Å². The first-order valence-corrected chi connectivity index (χ1v) is 5.06. The zero-order chi connectivity index (χ0) is 11.1. The summed E-state index contributed by atoms with van der Waals surface area (Å²) in [6.45, 7) is 0. The van der Waals surface area contributed by atoms with E-state index in [2.05, 4.69) is 0 Å². The Morgan fingerprint density at radius 2 is 0.700 bits per heavy atom. The van der Waals surface area contributed by atoms with Crippen molar-refractivity contribution in [3.05, 3.63) is 70.8 Å². The lowest BCUT2D eigenvalue weighted by atomic mass is 9.84. The van der Waals surface area contributed by atoms with Crippen molar-refractivity contribution < 1.29 is 20.5 Å². The van der Waals surface area contributed by atoms with Crippen molar-refractivity contribution in [2.75, 3.05) is 0 Å². The summed E-state index contributed by atoms with van der Waals surface area (Å²) in [6.07, 6.45) is 0. The average Bonchev–Trinajstić information content (AvgIpc) is 2.36. The van der Waals surface area contributed by atoms with Gasteiger partial charge in [-0.15, -0.1) is 24.8 Å². The van der Waals surface area contributed by atoms with Crippen molar-refractivity contribution in [1.29, 1.82) is 0 Å². The standard InChI is InChI=1S/C14H8O2.2ClH.2H2O/c15-13-9-5-1-2-6-10(9)14(16)12-8-4-3-7-11(12)13;;;;/h1-8H;2*1H;2*1H2. The van der Waals surface area contributed by atoms with Crippen LogP contribution < -0.4 is 0 Å². The second kappa shape index (κ2) is 7.77. The fourth-order valence-corrected chi connectivity index (χ4v) is 2.05. The normalized spacial score (nSPS) is 10.6. The molecule has 3 rings (SSSR count). The molecule has 0 unspecified atom stereocenters. The minimum absolute atomic E-state index is 0. The highest BCUT2D eigenvalue weighted by molar-refractivity contribution is 6.28. The Bertz CT molecular complexity index is 521. The summed E-state index contributed by atoms with van der Waals surface area (Å²) < 4.78 is 0. The van der Waals surface area contributed by atoms with Gasteiger partial charge in [0.25, 0.3) is 0 Å². The summed E-state index contributed by atoms with van der Waals surface area (Å²) in [5.41, 5.74) is 2.02. The minimum atomic E-state index is -0.0641. The lowest BCUT2D eigenvalue weighted by molar-refractivity contribution is 0.0979. The monoisotopic (exact) mass is 316 g/mol. The van der Waals surface area contributed by atoms with Crippen molar-refractivity contribution in [2.45, 2.75) is 0 Å². The number of carbonyl (C=O) groups is 2. The third kappa shape index (κ3) is 2.89. The molecule has 0 radical (unpaired) electrons. The Balaban J connectivity index is 0. The van der Waals surface area contributed by atoms with E-state index in [1.165, 1.54) is 0 Å². The molecule has 0 heterocycles. The van der Waals surface area contributed by atoms with Crippen LogP contribution in [-0.2, 0) is 0 Å². The van der Waals surface area contributed by atoms with Gasteiger partial charge in [-0.05, 0) is 0 Å². The topological polar surface area (TPSA) is 97.1 Å². The molecule has 6 heteroatoms. The Morgan fingerprint density at radius 1 is 0.500 bits per heavy atom. The Hall–Kier alpha value is -1.72. The third-order valence-electron chi connectivity index (χ3n) is 2.83. The van der Waals surface area contributed by atoms with E-state index in [4.69, 9.17) is 0 Å². The number of fused-ring (bicyclic) bond motifs is 2. The van der Waals surface area contributed by atoms with Crippen molar-refractivity contribution >= 4 is 36.4 Å². The van der Waals surface area contributed by atoms with Gasteiger partial charge in [0.15, 0.2) is 11.6 Å². The minimum Gasteiger partial charge on any atom is -0.412 e. The predicted octanol–water partition coefficient (Wildman–Crippen LogP) is 1.66. The highest BCUT2D eigenvalue weighted by atomic mass is 35.5. The Morgan fingerprint density at radius 3 is 0.900 bits per heavy atom. The lowest BCUT2D eigenvalue weighted by Gasteiger charge is -2.16. The summed E-state index contributed by atoms with van der Waals surface area (Å²) in [6, 6.07) is 13.9. The molecule has 20 heavy (non-hydrogen) atoms. The maximum atomic E-state index is 12.1. The molecule has 4 nitrogen and oxygen atoms in total. The molecule has 0 bridgehead atoms. The average molecular weight is 317 g/mol. The van der Waals surface area contributed by atoms with Gasteiger partial charge in [0.2, 0.25) is 0 Å². The zero-order valence-electron chi connectivity index (χ0n) is 10.3. The molecule has 0 saturated carbocycles. The van der Waals surface area contributed by atoms with Crippen LogP contribution in [0.15, 0.2) is 48.5 Å². The number of rotatable bonds is 0. The second-order valence-electron chi connectivity index (χ2n) is 3.75. The summed E-state index contributed by atoms with van der Waals surface area (Å²) in [5, 5.41) is 0. The van der Waals surface area contributed by atoms with Crippen molar-refractivity contribution in [1.82, 2.24) is 0 Å². The molecule has 2 aromatic carbocycles. The molecule has 4 N–H and O–H groups in total. The molecular formula is C14H14Cl2O4. The van der Waals surface area contributed by atoms with Gasteiger partial charge >= 0.3 is 0 Å². The Kier molecular flexibility index (Phi) is 8.00. The highest BCUT2D eigenvalue weighted by Crippen LogP contribution is 2.26. The van der Waals surface area contributed by atoms with E-state index in [0.29, 0.717) is 22.3 Å². The maximum Gasteiger partial charge on any atom is 0.194 e. The van der Waals surface area contributed by atoms with Crippen LogP contribution in [0.3, 0.4) is 0 Å². The van der Waals surface area contributed by atoms with E-state index in [9.17, 15) is 9.59 Å². The van der Waals surface area contributed by atoms with Gasteiger partial charge < -0.3 is 11.0 Å². The SMILES string of the molecule is Cl.Cl.O.O.O=C1c2ccccc2C(=O)c2ccccc21. The fourth-order valence-electron chi connectivity index (χ4n) is 2.05. The van der Waals surface area contributed by atoms with Gasteiger partial charge in [0.05, 0.1) is 0 Å². The van der Waals surface area contributed by atoms with E-state index in [0.717, 1.165) is 0 Å². The van der Waals surface area contributed by atoms with E-state index in [1.807, 2.05) is 0 Å². The smallest absolute Gasteiger partial charge is 0.194 e. The van der Waals surface area contributed by atoms with Crippen LogP contribution in [0, 0.1) is 0 Å². The largest absolute Gasteiger partial charge is 0.412 e. The molecule has 1 aliphatic carbocycles. The quantitative estimate of drug-likeness (QED) is 0.630. The maximum absolute atomic E-state index is 12.1. The number of hydrogen-bond acceptors (Lipinski definition) is 2. The highest BCUT2D eigenvalue weighted by Gasteiger charge is 2.28. The van der Waals surface area contributed by atoms with E-state index in [-0.39, 0.29) is 47.3 Å². The van der Waals surface area contributed by atoms with Gasteiger partial charge in [-0.1, -0.05) is 48.5 Å². The molecule has 0 aromatic heterocycles. The predicted molar refractivity (Wildman–Crippen MR) is 81.5 cm³/mol. The molecule has 1 aliphatic rings. The van der Waals surface area contributed by atoms with Crippen LogP contribution in [0.1, 0.15) is 31.8 Å². The Labute approximate surface area is 128 Å². The van der Waals surface area contributed by atoms with Crippen molar-refractivity contribution in [2.24, 2.45) is 0 Å². The molecule has 0 fully saturated rings. The fraction of sp³-hybridized carbons (Fsp3) is 0. The molecule has 108 valence electrons. The molecule has 0 spiro atoms. The summed E-state index contributed by atoms with van der Waals surface area (Å²) in [4.78, 5) is 24.2. The zero-order valence-corrected chi connectivity index (χ0v) is 11.9. The van der Waals surface area contributed by atoms with Gasteiger partial charge in [-0.3, -0.25) is 9.59 Å². The van der Waals surface area contributed by atoms with Crippen LogP contribution in [0.5, 0.6) is 0 Å². The molecule has 2 aromatic rings. The number of carbonyl (C=O) groups excluding carboxylic acids is 2. The number of ketones is 2. The summed E-state index contributed by atoms with van der Waals surface area (Å²) in [5.74, 6) is -0.128. The molecule has 0 amide bonds. The number of halogens is 2. The first-order valence-electron chi connectivity index (χ1n) is 5.06. The van der Waals surface area contributed by atoms with Gasteiger partial charge in [-0.2, -0.15) is 0 Å². The molecule has 0 saturated heterocycles. The third-order valence-corrected chi connectivity index (χ3v) is 2.83. The lowest BCUT2D eigenvalue weighted by Crippen LogP contribution is -2.20. The number of benzene rings is 2. The van der Waals surface area contributed by atoms with Crippen LogP contribution >= 0.6 is 24.8 Å². The van der Waals surface area contributed by atoms with Crippen molar-refractivity contribution in [3.8, 4) is 0 Å². The summed E-state index contributed by atoms with van der Waals surface area (Å²) in [7, 11) is 0. The van der Waals surface area contributed by atoms with Crippen LogP contribution in [-0.4, -0.2) is 22.5 Å². The van der Waals surface area contributed by atoms with Crippen molar-refractivity contribution in [3.63, 3.8) is 0 Å². The van der Waals surface area contributed by atoms with E-state index >= 15 is 0 Å². The second-order valence-corrected chi connectivity index (χ2v) is 3.75. The van der Waals surface area contributed by atoms with Crippen LogP contribution in [0.25, 0.3) is 0 Å². The van der Waals surface area contributed by atoms with Gasteiger partial charge in [0.1, 0.15) is 0 Å². The van der Waals surface area contributed by atoms with E-state index < -0.39 is 0 Å². The first-order chi connectivity index (χ1) is 7.79. The van der Waals surface area contributed by atoms with Gasteiger partial charge in [0, 0.05) is 22.3 Å². The first kappa shape index (κ1) is 20.6. The molecule has 0 atom stereocenters. The van der Waals surface area contributed by atoms with Gasteiger partial charge in [-0.25, -0.2) is 0 Å². The number of hydrogen-bond donors (Lipinski definition) is 0. The van der Waals surface area contributed by atoms with E-state index in [1.54, 1.807) is 48.5 Å².